The van der Waals surface area contributed by atoms with Crippen LogP contribution in [0.25, 0.3) is 5.82 Å². The molecule has 3 nitrogen and oxygen atoms in total. The van der Waals surface area contributed by atoms with Gasteiger partial charge in [-0.15, -0.1) is 0 Å². The highest BCUT2D eigenvalue weighted by molar-refractivity contribution is 5.36. The Hall–Kier alpha value is -1.51. The Bertz CT molecular complexity index is 520. The van der Waals surface area contributed by atoms with E-state index in [-0.39, 0.29) is 0 Å². The lowest BCUT2D eigenvalue weighted by molar-refractivity contribution is 0.808. The first-order valence-electron chi connectivity index (χ1n) is 6.90. The number of aromatic nitrogens is 3. The molecule has 0 aliphatic rings. The van der Waals surface area contributed by atoms with Gasteiger partial charge in [0.15, 0.2) is 5.82 Å². The second kappa shape index (κ2) is 5.42. The van der Waals surface area contributed by atoms with Crippen LogP contribution in [0, 0.1) is 13.8 Å². The molecule has 0 aliphatic carbocycles. The average Bonchev–Trinajstić information content (AvgIpc) is 2.84. The van der Waals surface area contributed by atoms with Gasteiger partial charge in [0.1, 0.15) is 5.82 Å². The fourth-order valence-electron chi connectivity index (χ4n) is 2.43. The third-order valence-electron chi connectivity index (χ3n) is 3.27. The summed E-state index contributed by atoms with van der Waals surface area (Å²) in [7, 11) is 0. The summed E-state index contributed by atoms with van der Waals surface area (Å²) in [5.74, 6) is 2.17. The topological polar surface area (TPSA) is 33.6 Å². The fourth-order valence-corrected chi connectivity index (χ4v) is 2.43. The highest BCUT2D eigenvalue weighted by atomic mass is 15.1. The average molecular weight is 245 g/mol. The number of aromatic amines is 1. The van der Waals surface area contributed by atoms with E-state index >= 15 is 0 Å². The van der Waals surface area contributed by atoms with Gasteiger partial charge in [-0.05, 0) is 38.8 Å². The maximum atomic E-state index is 4.75. The Morgan fingerprint density at radius 2 is 1.83 bits per heavy atom. The molecule has 0 radical (unpaired) electrons. The van der Waals surface area contributed by atoms with Gasteiger partial charge in [0.05, 0.1) is 5.69 Å². The van der Waals surface area contributed by atoms with E-state index in [0.717, 1.165) is 43.0 Å². The molecule has 0 atom stereocenters. The number of H-pyrrole nitrogens is 1. The third-order valence-corrected chi connectivity index (χ3v) is 3.27. The lowest BCUT2D eigenvalue weighted by atomic mass is 10.2. The first-order chi connectivity index (χ1) is 8.67. The fraction of sp³-hybridized carbons (Fsp3) is 0.533. The molecule has 0 aliphatic heterocycles. The van der Waals surface area contributed by atoms with Gasteiger partial charge in [-0.1, -0.05) is 20.3 Å². The van der Waals surface area contributed by atoms with Crippen LogP contribution in [0.2, 0.25) is 0 Å². The Morgan fingerprint density at radius 1 is 1.11 bits per heavy atom. The zero-order chi connectivity index (χ0) is 13.1. The molecule has 18 heavy (non-hydrogen) atoms. The van der Waals surface area contributed by atoms with Crippen molar-refractivity contribution in [3.05, 3.63) is 35.0 Å². The SMILES string of the molecule is CCCc1nc(-n2c(C)ccc2CCC)c(C)[nH]1. The van der Waals surface area contributed by atoms with Crippen LogP contribution in [0.15, 0.2) is 12.1 Å². The normalized spacial score (nSPS) is 11.1. The van der Waals surface area contributed by atoms with Crippen molar-refractivity contribution in [2.45, 2.75) is 53.4 Å². The molecule has 2 aromatic rings. The molecule has 98 valence electrons. The Kier molecular flexibility index (Phi) is 3.90. The van der Waals surface area contributed by atoms with E-state index in [1.165, 1.54) is 11.4 Å². The molecule has 2 aromatic heterocycles. The number of aryl methyl sites for hydroxylation is 4. The Balaban J connectivity index is 2.44. The minimum atomic E-state index is 1.02. The highest BCUT2D eigenvalue weighted by Gasteiger charge is 2.13. The number of hydrogen-bond acceptors (Lipinski definition) is 1. The van der Waals surface area contributed by atoms with Crippen molar-refractivity contribution in [3.63, 3.8) is 0 Å². The van der Waals surface area contributed by atoms with Crippen molar-refractivity contribution in [2.75, 3.05) is 0 Å². The second-order valence-corrected chi connectivity index (χ2v) is 4.93. The minimum Gasteiger partial charge on any atom is -0.344 e. The zero-order valence-electron chi connectivity index (χ0n) is 11.9. The summed E-state index contributed by atoms with van der Waals surface area (Å²) in [4.78, 5) is 8.15. The van der Waals surface area contributed by atoms with Crippen molar-refractivity contribution in [1.82, 2.24) is 14.5 Å². The molecule has 0 unspecified atom stereocenters. The summed E-state index contributed by atoms with van der Waals surface area (Å²) in [6.45, 7) is 8.65. The molecule has 0 aromatic carbocycles. The molecular formula is C15H23N3. The van der Waals surface area contributed by atoms with Crippen LogP contribution in [-0.4, -0.2) is 14.5 Å². The zero-order valence-corrected chi connectivity index (χ0v) is 11.9. The smallest absolute Gasteiger partial charge is 0.158 e. The summed E-state index contributed by atoms with van der Waals surface area (Å²) >= 11 is 0. The third kappa shape index (κ3) is 2.35. The molecule has 0 amide bonds. The van der Waals surface area contributed by atoms with Crippen LogP contribution >= 0.6 is 0 Å². The maximum Gasteiger partial charge on any atom is 0.158 e. The summed E-state index contributed by atoms with van der Waals surface area (Å²) in [6, 6.07) is 4.39. The number of hydrogen-bond donors (Lipinski definition) is 1. The Morgan fingerprint density at radius 3 is 2.50 bits per heavy atom. The summed E-state index contributed by atoms with van der Waals surface area (Å²) < 4.78 is 2.29. The van der Waals surface area contributed by atoms with E-state index in [1.54, 1.807) is 0 Å². The quantitative estimate of drug-likeness (QED) is 0.855. The van der Waals surface area contributed by atoms with E-state index in [9.17, 15) is 0 Å². The monoisotopic (exact) mass is 245 g/mol. The van der Waals surface area contributed by atoms with Gasteiger partial charge in [-0.2, -0.15) is 0 Å². The predicted octanol–water partition coefficient (Wildman–Crippen LogP) is 3.72. The number of nitrogens with one attached hydrogen (secondary N) is 1. The van der Waals surface area contributed by atoms with Crippen LogP contribution in [0.1, 0.15) is 49.6 Å². The minimum absolute atomic E-state index is 1.02. The van der Waals surface area contributed by atoms with Crippen LogP contribution in [0.3, 0.4) is 0 Å². The maximum absolute atomic E-state index is 4.75. The van der Waals surface area contributed by atoms with Gasteiger partial charge in [0.2, 0.25) is 0 Å². The van der Waals surface area contributed by atoms with Crippen molar-refractivity contribution in [2.24, 2.45) is 0 Å². The standard InChI is InChI=1S/C15H23N3/c1-5-7-13-10-9-11(3)18(13)15-12(4)16-14(17-15)8-6-2/h9-10H,5-8H2,1-4H3,(H,16,17). The Labute approximate surface area is 109 Å². The van der Waals surface area contributed by atoms with Gasteiger partial charge in [-0.3, -0.25) is 0 Å². The van der Waals surface area contributed by atoms with Gasteiger partial charge >= 0.3 is 0 Å². The van der Waals surface area contributed by atoms with E-state index in [4.69, 9.17) is 4.98 Å². The van der Waals surface area contributed by atoms with Crippen molar-refractivity contribution >= 4 is 0 Å². The highest BCUT2D eigenvalue weighted by Crippen LogP contribution is 2.20. The van der Waals surface area contributed by atoms with Crippen LogP contribution in [0.4, 0.5) is 0 Å². The van der Waals surface area contributed by atoms with Crippen molar-refractivity contribution in [3.8, 4) is 5.82 Å². The molecule has 0 fully saturated rings. The van der Waals surface area contributed by atoms with E-state index in [0.29, 0.717) is 0 Å². The number of rotatable bonds is 5. The van der Waals surface area contributed by atoms with Gasteiger partial charge in [-0.25, -0.2) is 4.98 Å². The molecule has 2 heterocycles. The van der Waals surface area contributed by atoms with Crippen LogP contribution < -0.4 is 0 Å². The van der Waals surface area contributed by atoms with E-state index in [1.807, 2.05) is 0 Å². The van der Waals surface area contributed by atoms with Gasteiger partial charge in [0.25, 0.3) is 0 Å². The first kappa shape index (κ1) is 12.9. The molecule has 0 bridgehead atoms. The molecule has 0 saturated carbocycles. The summed E-state index contributed by atoms with van der Waals surface area (Å²) in [5.41, 5.74) is 3.78. The second-order valence-electron chi connectivity index (χ2n) is 4.93. The largest absolute Gasteiger partial charge is 0.344 e. The lowest BCUT2D eigenvalue weighted by Gasteiger charge is -2.09. The van der Waals surface area contributed by atoms with E-state index < -0.39 is 0 Å². The molecule has 0 saturated heterocycles. The summed E-state index contributed by atoms with van der Waals surface area (Å²) in [5, 5.41) is 0. The molecular weight excluding hydrogens is 222 g/mol. The van der Waals surface area contributed by atoms with Crippen molar-refractivity contribution < 1.29 is 0 Å². The van der Waals surface area contributed by atoms with Gasteiger partial charge < -0.3 is 9.55 Å². The summed E-state index contributed by atoms with van der Waals surface area (Å²) in [6.07, 6.45) is 4.40. The molecule has 3 heteroatoms. The molecule has 0 spiro atoms. The van der Waals surface area contributed by atoms with Crippen LogP contribution in [0.5, 0.6) is 0 Å². The lowest BCUT2D eigenvalue weighted by Crippen LogP contribution is -2.04. The number of nitrogens with zero attached hydrogens (tertiary/aromatic N) is 2. The molecule has 1 N–H and O–H groups in total. The predicted molar refractivity (Wildman–Crippen MR) is 75.4 cm³/mol. The first-order valence-corrected chi connectivity index (χ1v) is 6.90. The number of imidazole rings is 1. The van der Waals surface area contributed by atoms with Gasteiger partial charge in [0, 0.05) is 17.8 Å². The van der Waals surface area contributed by atoms with Crippen LogP contribution in [-0.2, 0) is 12.8 Å². The van der Waals surface area contributed by atoms with E-state index in [2.05, 4.69) is 49.4 Å². The van der Waals surface area contributed by atoms with Crippen molar-refractivity contribution in [1.29, 1.82) is 0 Å². The molecule has 2 rings (SSSR count).